The minimum absolute atomic E-state index is 0.0903. The monoisotopic (exact) mass is 292 g/mol. The third-order valence-corrected chi connectivity index (χ3v) is 3.51. The van der Waals surface area contributed by atoms with Crippen LogP contribution in [0.2, 0.25) is 0 Å². The first-order chi connectivity index (χ1) is 9.70. The van der Waals surface area contributed by atoms with Crippen molar-refractivity contribution in [3.8, 4) is 0 Å². The van der Waals surface area contributed by atoms with Gasteiger partial charge in [0.1, 0.15) is 6.61 Å². The normalized spacial score (nSPS) is 11.2. The van der Waals surface area contributed by atoms with Gasteiger partial charge < -0.3 is 14.6 Å². The lowest BCUT2D eigenvalue weighted by atomic mass is 10.2. The van der Waals surface area contributed by atoms with Gasteiger partial charge in [-0.2, -0.15) is 5.10 Å². The van der Waals surface area contributed by atoms with Crippen LogP contribution < -0.4 is 0 Å². The highest BCUT2D eigenvalue weighted by molar-refractivity contribution is 7.71. The molecule has 0 atom stereocenters. The van der Waals surface area contributed by atoms with Crippen LogP contribution in [0.25, 0.3) is 0 Å². The fourth-order valence-corrected chi connectivity index (χ4v) is 2.42. The summed E-state index contributed by atoms with van der Waals surface area (Å²) in [5, 5.41) is 15.9. The highest BCUT2D eigenvalue weighted by atomic mass is 32.1. The summed E-state index contributed by atoms with van der Waals surface area (Å²) in [7, 11) is 2.11. The molecule has 0 saturated heterocycles. The lowest BCUT2D eigenvalue weighted by molar-refractivity contribution is 0.261. The molecule has 5 nitrogen and oxygen atoms in total. The third kappa shape index (κ3) is 4.00. The van der Waals surface area contributed by atoms with Crippen molar-refractivity contribution >= 4 is 12.2 Å². The predicted octanol–water partition coefficient (Wildman–Crippen LogP) is 1.96. The number of aromatic nitrogens is 3. The molecule has 0 aliphatic rings. The van der Waals surface area contributed by atoms with Crippen molar-refractivity contribution in [1.82, 2.24) is 19.7 Å². The molecule has 0 aliphatic heterocycles. The van der Waals surface area contributed by atoms with Gasteiger partial charge in [-0.25, -0.2) is 0 Å². The first-order valence-electron chi connectivity index (χ1n) is 6.68. The Labute approximate surface area is 123 Å². The van der Waals surface area contributed by atoms with Crippen LogP contribution in [0.3, 0.4) is 0 Å². The molecule has 2 N–H and O–H groups in total. The molecule has 108 valence electrons. The molecule has 1 aromatic heterocycles. The molecule has 0 unspecified atom stereocenters. The van der Waals surface area contributed by atoms with Gasteiger partial charge in [0.05, 0.1) is 0 Å². The number of hydrogen-bond donors (Lipinski definition) is 2. The Morgan fingerprint density at radius 2 is 2.10 bits per heavy atom. The van der Waals surface area contributed by atoms with E-state index in [1.807, 2.05) is 10.6 Å². The zero-order valence-electron chi connectivity index (χ0n) is 11.6. The smallest absolute Gasteiger partial charge is 0.195 e. The molecule has 0 spiro atoms. The fraction of sp³-hybridized carbons (Fsp3) is 0.429. The van der Waals surface area contributed by atoms with Crippen molar-refractivity contribution in [3.05, 3.63) is 46.5 Å². The highest BCUT2D eigenvalue weighted by Gasteiger charge is 2.05. The standard InChI is InChI=1S/C14H20N4OS/c1-17(10-12-6-3-2-4-7-12)8-5-9-18-13(11-19)15-16-14(18)20/h2-4,6-7,19H,5,8-11H2,1H3,(H,16,20). The van der Waals surface area contributed by atoms with Crippen LogP contribution in [0.1, 0.15) is 17.8 Å². The van der Waals surface area contributed by atoms with Crippen LogP contribution in [-0.4, -0.2) is 38.4 Å². The largest absolute Gasteiger partial charge is 0.388 e. The van der Waals surface area contributed by atoms with E-state index in [1.54, 1.807) is 0 Å². The molecule has 6 heteroatoms. The number of H-pyrrole nitrogens is 1. The van der Waals surface area contributed by atoms with Crippen molar-refractivity contribution in [2.45, 2.75) is 26.1 Å². The minimum Gasteiger partial charge on any atom is -0.388 e. The number of benzene rings is 1. The molecule has 0 saturated carbocycles. The molecule has 0 bridgehead atoms. The lowest BCUT2D eigenvalue weighted by Crippen LogP contribution is -2.20. The molecule has 0 radical (unpaired) electrons. The first kappa shape index (κ1) is 14.9. The van der Waals surface area contributed by atoms with Crippen LogP contribution in [-0.2, 0) is 19.7 Å². The molecule has 0 amide bonds. The zero-order valence-corrected chi connectivity index (χ0v) is 12.4. The molecular formula is C14H20N4OS. The number of nitrogens with one attached hydrogen (secondary N) is 1. The summed E-state index contributed by atoms with van der Waals surface area (Å²) in [6.07, 6.45) is 0.962. The molecule has 2 rings (SSSR count). The van der Waals surface area contributed by atoms with E-state index in [0.717, 1.165) is 26.1 Å². The Morgan fingerprint density at radius 3 is 2.80 bits per heavy atom. The summed E-state index contributed by atoms with van der Waals surface area (Å²) in [4.78, 5) is 2.28. The second kappa shape index (κ2) is 7.33. The molecular weight excluding hydrogens is 272 g/mol. The zero-order chi connectivity index (χ0) is 14.4. The van der Waals surface area contributed by atoms with Gasteiger partial charge in [0.2, 0.25) is 0 Å². The van der Waals surface area contributed by atoms with Crippen LogP contribution in [0, 0.1) is 4.77 Å². The van der Waals surface area contributed by atoms with Crippen LogP contribution in [0.15, 0.2) is 30.3 Å². The highest BCUT2D eigenvalue weighted by Crippen LogP contribution is 2.05. The number of hydrogen-bond acceptors (Lipinski definition) is 4. The Bertz CT molecular complexity index is 578. The summed E-state index contributed by atoms with van der Waals surface area (Å²) in [5.41, 5.74) is 1.31. The van der Waals surface area contributed by atoms with Gasteiger partial charge in [-0.3, -0.25) is 5.10 Å². The van der Waals surface area contributed by atoms with Crippen molar-refractivity contribution in [3.63, 3.8) is 0 Å². The van der Waals surface area contributed by atoms with Crippen LogP contribution in [0.5, 0.6) is 0 Å². The molecule has 2 aromatic rings. The van der Waals surface area contributed by atoms with Crippen molar-refractivity contribution in [2.75, 3.05) is 13.6 Å². The lowest BCUT2D eigenvalue weighted by Gasteiger charge is -2.16. The van der Waals surface area contributed by atoms with E-state index >= 15 is 0 Å². The van der Waals surface area contributed by atoms with Crippen molar-refractivity contribution in [1.29, 1.82) is 0 Å². The van der Waals surface area contributed by atoms with E-state index in [9.17, 15) is 5.11 Å². The van der Waals surface area contributed by atoms with Gasteiger partial charge in [0.15, 0.2) is 10.6 Å². The topological polar surface area (TPSA) is 57.1 Å². The van der Waals surface area contributed by atoms with E-state index in [0.29, 0.717) is 10.6 Å². The Hall–Kier alpha value is -1.50. The first-order valence-corrected chi connectivity index (χ1v) is 7.09. The maximum atomic E-state index is 9.18. The number of rotatable bonds is 7. The van der Waals surface area contributed by atoms with E-state index in [1.165, 1.54) is 5.56 Å². The molecule has 1 heterocycles. The summed E-state index contributed by atoms with van der Waals surface area (Å²) >= 11 is 5.14. The number of aliphatic hydroxyl groups is 1. The second-order valence-corrected chi connectivity index (χ2v) is 5.22. The quantitative estimate of drug-likeness (QED) is 0.766. The van der Waals surface area contributed by atoms with E-state index < -0.39 is 0 Å². The average molecular weight is 292 g/mol. The van der Waals surface area contributed by atoms with E-state index in [-0.39, 0.29) is 6.61 Å². The maximum Gasteiger partial charge on any atom is 0.195 e. The van der Waals surface area contributed by atoms with Gasteiger partial charge in [-0.1, -0.05) is 30.3 Å². The molecule has 0 aliphatic carbocycles. The van der Waals surface area contributed by atoms with E-state index in [4.69, 9.17) is 12.2 Å². The van der Waals surface area contributed by atoms with Gasteiger partial charge >= 0.3 is 0 Å². The SMILES string of the molecule is CN(CCCn1c(CO)n[nH]c1=S)Cc1ccccc1. The van der Waals surface area contributed by atoms with Crippen molar-refractivity contribution in [2.24, 2.45) is 0 Å². The summed E-state index contributed by atoms with van der Waals surface area (Å²) in [5.74, 6) is 0.598. The maximum absolute atomic E-state index is 9.18. The van der Waals surface area contributed by atoms with Crippen LogP contribution >= 0.6 is 12.2 Å². The fourth-order valence-electron chi connectivity index (χ4n) is 2.17. The predicted molar refractivity (Wildman–Crippen MR) is 80.7 cm³/mol. The Kier molecular flexibility index (Phi) is 5.46. The average Bonchev–Trinajstić information content (AvgIpc) is 2.81. The summed E-state index contributed by atoms with van der Waals surface area (Å²) < 4.78 is 2.42. The third-order valence-electron chi connectivity index (χ3n) is 3.20. The summed E-state index contributed by atoms with van der Waals surface area (Å²) in [6.45, 7) is 2.58. The van der Waals surface area contributed by atoms with Crippen molar-refractivity contribution < 1.29 is 5.11 Å². The number of aliphatic hydroxyl groups excluding tert-OH is 1. The van der Waals surface area contributed by atoms with Gasteiger partial charge in [0.25, 0.3) is 0 Å². The summed E-state index contributed by atoms with van der Waals surface area (Å²) in [6, 6.07) is 10.4. The Balaban J connectivity index is 1.81. The minimum atomic E-state index is -0.0903. The second-order valence-electron chi connectivity index (χ2n) is 4.83. The molecule has 20 heavy (non-hydrogen) atoms. The van der Waals surface area contributed by atoms with Crippen LogP contribution in [0.4, 0.5) is 0 Å². The van der Waals surface area contributed by atoms with Gasteiger partial charge in [0, 0.05) is 13.1 Å². The van der Waals surface area contributed by atoms with Gasteiger partial charge in [-0.15, -0.1) is 0 Å². The Morgan fingerprint density at radius 1 is 1.35 bits per heavy atom. The van der Waals surface area contributed by atoms with Gasteiger partial charge in [-0.05, 0) is 37.8 Å². The number of nitrogens with zero attached hydrogens (tertiary/aromatic N) is 3. The number of aromatic amines is 1. The molecule has 0 fully saturated rings. The molecule has 1 aromatic carbocycles. The van der Waals surface area contributed by atoms with E-state index in [2.05, 4.69) is 46.4 Å².